The first-order valence-corrected chi connectivity index (χ1v) is 6.69. The van der Waals surface area contributed by atoms with Crippen LogP contribution in [0.15, 0.2) is 30.3 Å². The van der Waals surface area contributed by atoms with Gasteiger partial charge in [0.25, 0.3) is 0 Å². The van der Waals surface area contributed by atoms with Crippen LogP contribution >= 0.6 is 0 Å². The van der Waals surface area contributed by atoms with Crippen molar-refractivity contribution in [3.8, 4) is 0 Å². The van der Waals surface area contributed by atoms with Gasteiger partial charge in [-0.2, -0.15) is 0 Å². The van der Waals surface area contributed by atoms with Gasteiger partial charge >= 0.3 is 0 Å². The molecule has 1 N–H and O–H groups in total. The van der Waals surface area contributed by atoms with Crippen LogP contribution in [0, 0.1) is 0 Å². The van der Waals surface area contributed by atoms with Gasteiger partial charge in [-0.25, -0.2) is 0 Å². The van der Waals surface area contributed by atoms with E-state index in [0.29, 0.717) is 6.04 Å². The zero-order chi connectivity index (χ0) is 12.1. The van der Waals surface area contributed by atoms with Crippen LogP contribution in [0.2, 0.25) is 0 Å². The molecule has 1 aromatic rings. The fourth-order valence-corrected chi connectivity index (χ4v) is 2.72. The average Bonchev–Trinajstić information content (AvgIpc) is 2.38. The van der Waals surface area contributed by atoms with E-state index in [0.717, 1.165) is 25.8 Å². The Balaban J connectivity index is 1.82. The lowest BCUT2D eigenvalue weighted by Gasteiger charge is -2.35. The standard InChI is InChI=1S/C15H23NO/c1-16(14-9-5-6-10-15(14)17)12-11-13-7-3-2-4-8-13/h2-4,7-8,14-15,17H,5-6,9-12H2,1H3/t14-,15-/m1/s1. The topological polar surface area (TPSA) is 23.5 Å². The van der Waals surface area contributed by atoms with Gasteiger partial charge in [-0.1, -0.05) is 43.2 Å². The van der Waals surface area contributed by atoms with Crippen molar-refractivity contribution in [2.45, 2.75) is 44.2 Å². The first-order chi connectivity index (χ1) is 8.27. The molecule has 1 fully saturated rings. The number of likely N-dealkylation sites (N-methyl/N-ethyl adjacent to an activating group) is 1. The van der Waals surface area contributed by atoms with Gasteiger partial charge in [0.15, 0.2) is 0 Å². The fraction of sp³-hybridized carbons (Fsp3) is 0.600. The lowest BCUT2D eigenvalue weighted by molar-refractivity contribution is 0.0327. The van der Waals surface area contributed by atoms with E-state index in [1.807, 2.05) is 0 Å². The zero-order valence-electron chi connectivity index (χ0n) is 10.7. The monoisotopic (exact) mass is 233 g/mol. The Bertz CT molecular complexity index is 325. The summed E-state index contributed by atoms with van der Waals surface area (Å²) in [5.74, 6) is 0. The second kappa shape index (κ2) is 6.18. The Morgan fingerprint density at radius 3 is 2.59 bits per heavy atom. The summed E-state index contributed by atoms with van der Waals surface area (Å²) >= 11 is 0. The number of hydrogen-bond donors (Lipinski definition) is 1. The van der Waals surface area contributed by atoms with Crippen LogP contribution in [0.3, 0.4) is 0 Å². The predicted molar refractivity (Wildman–Crippen MR) is 71.0 cm³/mol. The molecule has 2 rings (SSSR count). The van der Waals surface area contributed by atoms with Crippen LogP contribution in [0.25, 0.3) is 0 Å². The molecule has 1 aliphatic rings. The minimum absolute atomic E-state index is 0.121. The van der Waals surface area contributed by atoms with Gasteiger partial charge < -0.3 is 10.0 Å². The minimum Gasteiger partial charge on any atom is -0.391 e. The van der Waals surface area contributed by atoms with E-state index in [2.05, 4.69) is 42.3 Å². The van der Waals surface area contributed by atoms with Gasteiger partial charge in [-0.05, 0) is 31.9 Å². The summed E-state index contributed by atoms with van der Waals surface area (Å²) in [6, 6.07) is 10.9. The van der Waals surface area contributed by atoms with Gasteiger partial charge in [0.05, 0.1) is 6.10 Å². The van der Waals surface area contributed by atoms with Crippen LogP contribution in [-0.2, 0) is 6.42 Å². The Labute approximate surface area is 104 Å². The summed E-state index contributed by atoms with van der Waals surface area (Å²) < 4.78 is 0. The summed E-state index contributed by atoms with van der Waals surface area (Å²) in [6.45, 7) is 1.03. The molecule has 0 aromatic heterocycles. The lowest BCUT2D eigenvalue weighted by Crippen LogP contribution is -2.44. The van der Waals surface area contributed by atoms with Gasteiger partial charge in [0.1, 0.15) is 0 Å². The molecule has 1 saturated carbocycles. The molecule has 1 aliphatic carbocycles. The molecule has 0 bridgehead atoms. The third-order valence-electron chi connectivity index (χ3n) is 3.86. The van der Waals surface area contributed by atoms with Crippen LogP contribution < -0.4 is 0 Å². The van der Waals surface area contributed by atoms with Gasteiger partial charge in [0.2, 0.25) is 0 Å². The van der Waals surface area contributed by atoms with E-state index in [4.69, 9.17) is 0 Å². The maximum absolute atomic E-state index is 9.99. The van der Waals surface area contributed by atoms with Gasteiger partial charge in [-0.15, -0.1) is 0 Å². The Morgan fingerprint density at radius 2 is 1.88 bits per heavy atom. The minimum atomic E-state index is -0.121. The van der Waals surface area contributed by atoms with Gasteiger partial charge in [0, 0.05) is 12.6 Å². The van der Waals surface area contributed by atoms with Crippen molar-refractivity contribution in [2.75, 3.05) is 13.6 Å². The summed E-state index contributed by atoms with van der Waals surface area (Å²) in [6.07, 6.45) is 5.51. The highest BCUT2D eigenvalue weighted by Crippen LogP contribution is 2.22. The molecule has 0 spiro atoms. The summed E-state index contributed by atoms with van der Waals surface area (Å²) in [7, 11) is 2.14. The fourth-order valence-electron chi connectivity index (χ4n) is 2.72. The average molecular weight is 233 g/mol. The van der Waals surface area contributed by atoms with Crippen molar-refractivity contribution in [2.24, 2.45) is 0 Å². The molecule has 0 amide bonds. The first-order valence-electron chi connectivity index (χ1n) is 6.69. The smallest absolute Gasteiger partial charge is 0.0695 e. The van der Waals surface area contributed by atoms with Crippen LogP contribution in [0.1, 0.15) is 31.2 Å². The van der Waals surface area contributed by atoms with Crippen molar-refractivity contribution >= 4 is 0 Å². The third-order valence-corrected chi connectivity index (χ3v) is 3.86. The SMILES string of the molecule is CN(CCc1ccccc1)[C@@H]1CCCC[C@H]1O. The normalized spacial score (nSPS) is 25.1. The Hall–Kier alpha value is -0.860. The van der Waals surface area contributed by atoms with Crippen molar-refractivity contribution < 1.29 is 5.11 Å². The molecule has 2 nitrogen and oxygen atoms in total. The molecular formula is C15H23NO. The number of aliphatic hydroxyl groups excluding tert-OH is 1. The van der Waals surface area contributed by atoms with E-state index >= 15 is 0 Å². The summed E-state index contributed by atoms with van der Waals surface area (Å²) in [4.78, 5) is 2.33. The third kappa shape index (κ3) is 3.55. The number of nitrogens with zero attached hydrogens (tertiary/aromatic N) is 1. The van der Waals surface area contributed by atoms with E-state index in [1.165, 1.54) is 18.4 Å². The van der Waals surface area contributed by atoms with Gasteiger partial charge in [-0.3, -0.25) is 0 Å². The van der Waals surface area contributed by atoms with E-state index in [1.54, 1.807) is 0 Å². The number of hydrogen-bond acceptors (Lipinski definition) is 2. The zero-order valence-corrected chi connectivity index (χ0v) is 10.7. The Morgan fingerprint density at radius 1 is 1.18 bits per heavy atom. The second-order valence-electron chi connectivity index (χ2n) is 5.14. The number of aliphatic hydroxyl groups is 1. The summed E-state index contributed by atoms with van der Waals surface area (Å²) in [5.41, 5.74) is 1.38. The second-order valence-corrected chi connectivity index (χ2v) is 5.14. The van der Waals surface area contributed by atoms with E-state index in [-0.39, 0.29) is 6.10 Å². The highest BCUT2D eigenvalue weighted by Gasteiger charge is 2.25. The van der Waals surface area contributed by atoms with Crippen LogP contribution in [0.5, 0.6) is 0 Å². The van der Waals surface area contributed by atoms with Crippen LogP contribution in [-0.4, -0.2) is 35.7 Å². The molecule has 0 unspecified atom stereocenters. The number of rotatable bonds is 4. The van der Waals surface area contributed by atoms with E-state index < -0.39 is 0 Å². The van der Waals surface area contributed by atoms with E-state index in [9.17, 15) is 5.11 Å². The summed E-state index contributed by atoms with van der Waals surface area (Å²) in [5, 5.41) is 9.99. The molecule has 1 aromatic carbocycles. The molecular weight excluding hydrogens is 210 g/mol. The van der Waals surface area contributed by atoms with Crippen molar-refractivity contribution in [1.29, 1.82) is 0 Å². The quantitative estimate of drug-likeness (QED) is 0.863. The molecule has 17 heavy (non-hydrogen) atoms. The van der Waals surface area contributed by atoms with Crippen molar-refractivity contribution in [1.82, 2.24) is 4.90 Å². The lowest BCUT2D eigenvalue weighted by atomic mass is 9.91. The maximum atomic E-state index is 9.99. The highest BCUT2D eigenvalue weighted by atomic mass is 16.3. The molecule has 0 radical (unpaired) electrons. The van der Waals surface area contributed by atoms with Crippen molar-refractivity contribution in [3.05, 3.63) is 35.9 Å². The van der Waals surface area contributed by atoms with Crippen LogP contribution in [0.4, 0.5) is 0 Å². The first kappa shape index (κ1) is 12.6. The molecule has 2 heteroatoms. The van der Waals surface area contributed by atoms with Crippen molar-refractivity contribution in [3.63, 3.8) is 0 Å². The number of benzene rings is 1. The largest absolute Gasteiger partial charge is 0.391 e. The highest BCUT2D eigenvalue weighted by molar-refractivity contribution is 5.14. The molecule has 0 heterocycles. The Kier molecular flexibility index (Phi) is 4.57. The molecule has 2 atom stereocenters. The maximum Gasteiger partial charge on any atom is 0.0695 e. The molecule has 0 saturated heterocycles. The molecule has 0 aliphatic heterocycles. The predicted octanol–water partition coefficient (Wildman–Crippen LogP) is 2.46. The molecule has 94 valence electrons.